The van der Waals surface area contributed by atoms with Crippen molar-refractivity contribution in [2.75, 3.05) is 29.5 Å². The molecule has 0 amide bonds. The summed E-state index contributed by atoms with van der Waals surface area (Å²) in [7, 11) is -3.05. The van der Waals surface area contributed by atoms with Crippen LogP contribution in [0.3, 0.4) is 0 Å². The maximum atomic E-state index is 12.3. The van der Waals surface area contributed by atoms with E-state index in [4.69, 9.17) is 0 Å². The Bertz CT molecular complexity index is 839. The van der Waals surface area contributed by atoms with Crippen molar-refractivity contribution in [1.29, 1.82) is 0 Å². The lowest BCUT2D eigenvalue weighted by atomic mass is 10.0. The number of piperazine rings is 1. The third-order valence-corrected chi connectivity index (χ3v) is 7.61. The average molecular weight is 380 g/mol. The first-order valence-electron chi connectivity index (χ1n) is 8.47. The van der Waals surface area contributed by atoms with E-state index in [2.05, 4.69) is 37.1 Å². The Kier molecular flexibility index (Phi) is 4.47. The van der Waals surface area contributed by atoms with Gasteiger partial charge in [0.1, 0.15) is 0 Å². The molecule has 2 aromatic heterocycles. The van der Waals surface area contributed by atoms with E-state index in [-0.39, 0.29) is 23.6 Å². The van der Waals surface area contributed by atoms with Gasteiger partial charge in [-0.05, 0) is 12.5 Å². The maximum Gasteiger partial charge on any atom is 0.225 e. The highest BCUT2D eigenvalue weighted by molar-refractivity contribution is 7.91. The highest BCUT2D eigenvalue weighted by Gasteiger charge is 2.47. The molecule has 2 saturated heterocycles. The summed E-state index contributed by atoms with van der Waals surface area (Å²) in [4.78, 5) is 17.6. The predicted molar refractivity (Wildman–Crippen MR) is 97.5 cm³/mol. The van der Waals surface area contributed by atoms with Gasteiger partial charge in [-0.25, -0.2) is 23.4 Å². The minimum atomic E-state index is -3.05. The van der Waals surface area contributed by atoms with Gasteiger partial charge < -0.3 is 4.90 Å². The monoisotopic (exact) mass is 379 g/mol. The number of anilines is 1. The topological polar surface area (TPSA) is 79.3 Å². The van der Waals surface area contributed by atoms with Crippen LogP contribution < -0.4 is 4.90 Å². The van der Waals surface area contributed by atoms with Crippen molar-refractivity contribution in [3.63, 3.8) is 0 Å². The summed E-state index contributed by atoms with van der Waals surface area (Å²) in [6.45, 7) is 4.32. The zero-order valence-electron chi connectivity index (χ0n) is 14.1. The van der Waals surface area contributed by atoms with Gasteiger partial charge in [-0.15, -0.1) is 11.3 Å². The third-order valence-electron chi connectivity index (χ3n) is 4.87. The number of aryl methyl sites for hydroxylation is 1. The molecule has 2 fully saturated rings. The van der Waals surface area contributed by atoms with Crippen molar-refractivity contribution in [1.82, 2.24) is 19.9 Å². The first-order chi connectivity index (χ1) is 12.1. The van der Waals surface area contributed by atoms with Crippen LogP contribution in [0.2, 0.25) is 0 Å². The third kappa shape index (κ3) is 3.40. The molecule has 0 saturated carbocycles. The molecule has 134 valence electrons. The van der Waals surface area contributed by atoms with Crippen LogP contribution in [0.25, 0.3) is 0 Å². The van der Waals surface area contributed by atoms with E-state index in [0.717, 1.165) is 30.2 Å². The van der Waals surface area contributed by atoms with Crippen LogP contribution in [0, 0.1) is 0 Å². The van der Waals surface area contributed by atoms with Crippen LogP contribution >= 0.6 is 11.3 Å². The van der Waals surface area contributed by atoms with Crippen LogP contribution in [-0.2, 0) is 22.8 Å². The number of hydrogen-bond acceptors (Lipinski definition) is 8. The number of nitrogens with zero attached hydrogens (tertiary/aromatic N) is 5. The van der Waals surface area contributed by atoms with Gasteiger partial charge in [0.05, 0.1) is 28.2 Å². The number of aromatic nitrogens is 3. The molecule has 0 bridgehead atoms. The second-order valence-corrected chi connectivity index (χ2v) is 9.61. The molecule has 2 aliphatic heterocycles. The van der Waals surface area contributed by atoms with Crippen LogP contribution in [0.5, 0.6) is 0 Å². The van der Waals surface area contributed by atoms with E-state index in [1.165, 1.54) is 0 Å². The minimum Gasteiger partial charge on any atom is -0.334 e. The zero-order chi connectivity index (χ0) is 17.4. The molecule has 0 unspecified atom stereocenters. The molecule has 2 aliphatic rings. The van der Waals surface area contributed by atoms with Gasteiger partial charge in [0, 0.05) is 43.4 Å². The Morgan fingerprint density at radius 3 is 2.68 bits per heavy atom. The van der Waals surface area contributed by atoms with E-state index in [1.54, 1.807) is 29.8 Å². The minimum absolute atomic E-state index is 0.0330. The summed E-state index contributed by atoms with van der Waals surface area (Å²) in [5.74, 6) is 0.992. The molecule has 9 heteroatoms. The second-order valence-electron chi connectivity index (χ2n) is 6.51. The van der Waals surface area contributed by atoms with E-state index in [9.17, 15) is 8.42 Å². The van der Waals surface area contributed by atoms with Crippen LogP contribution in [0.4, 0.5) is 5.95 Å². The molecule has 4 heterocycles. The number of hydrogen-bond donors (Lipinski definition) is 0. The number of sulfone groups is 1. The largest absolute Gasteiger partial charge is 0.334 e. The maximum absolute atomic E-state index is 12.3. The summed E-state index contributed by atoms with van der Waals surface area (Å²) in [6.07, 6.45) is 4.34. The first-order valence-corrected chi connectivity index (χ1v) is 11.2. The SMILES string of the molecule is CCc1nc(CN2CCN(c3ncccn3)[C@@H]3CS(=O)(=O)C[C@@H]32)cs1. The highest BCUT2D eigenvalue weighted by atomic mass is 32.2. The molecular formula is C16H21N5O2S2. The molecule has 2 atom stereocenters. The molecule has 4 rings (SSSR count). The summed E-state index contributed by atoms with van der Waals surface area (Å²) in [5.41, 5.74) is 1.04. The number of rotatable bonds is 4. The lowest BCUT2D eigenvalue weighted by Crippen LogP contribution is -2.59. The fourth-order valence-electron chi connectivity index (χ4n) is 3.70. The Morgan fingerprint density at radius 1 is 1.20 bits per heavy atom. The van der Waals surface area contributed by atoms with E-state index >= 15 is 0 Å². The van der Waals surface area contributed by atoms with Gasteiger partial charge in [-0.2, -0.15) is 0 Å². The molecule has 0 aliphatic carbocycles. The Labute approximate surface area is 151 Å². The standard InChI is InChI=1S/C16H21N5O2S2/c1-2-15-19-12(9-24-15)8-20-6-7-21(16-17-4-3-5-18-16)14-11-25(22,23)10-13(14)20/h3-5,9,13-14H,2,6-8,10-11H2,1H3/t13-,14+/m0/s1. The summed E-state index contributed by atoms with van der Waals surface area (Å²) >= 11 is 1.67. The second kappa shape index (κ2) is 6.62. The summed E-state index contributed by atoms with van der Waals surface area (Å²) in [6, 6.07) is 1.65. The predicted octanol–water partition coefficient (Wildman–Crippen LogP) is 0.983. The normalized spacial score (nSPS) is 25.9. The molecule has 0 radical (unpaired) electrons. The quantitative estimate of drug-likeness (QED) is 0.783. The smallest absolute Gasteiger partial charge is 0.225 e. The lowest BCUT2D eigenvalue weighted by molar-refractivity contribution is 0.157. The molecular weight excluding hydrogens is 358 g/mol. The zero-order valence-corrected chi connectivity index (χ0v) is 15.7. The van der Waals surface area contributed by atoms with Gasteiger partial charge in [0.25, 0.3) is 0 Å². The van der Waals surface area contributed by atoms with E-state index in [1.807, 2.05) is 0 Å². The van der Waals surface area contributed by atoms with Crippen LogP contribution in [-0.4, -0.2) is 64.9 Å². The van der Waals surface area contributed by atoms with Gasteiger partial charge in [0.2, 0.25) is 5.95 Å². The van der Waals surface area contributed by atoms with Crippen molar-refractivity contribution in [3.05, 3.63) is 34.5 Å². The molecule has 0 N–H and O–H groups in total. The highest BCUT2D eigenvalue weighted by Crippen LogP contribution is 2.30. The molecule has 25 heavy (non-hydrogen) atoms. The Balaban J connectivity index is 1.58. The molecule has 0 spiro atoms. The lowest BCUT2D eigenvalue weighted by Gasteiger charge is -2.43. The number of fused-ring (bicyclic) bond motifs is 1. The Morgan fingerprint density at radius 2 is 1.96 bits per heavy atom. The Hall–Kier alpha value is -1.58. The molecule has 2 aromatic rings. The van der Waals surface area contributed by atoms with Crippen LogP contribution in [0.15, 0.2) is 23.8 Å². The summed E-state index contributed by atoms with van der Waals surface area (Å²) < 4.78 is 24.6. The van der Waals surface area contributed by atoms with Crippen molar-refractivity contribution in [2.24, 2.45) is 0 Å². The van der Waals surface area contributed by atoms with E-state index < -0.39 is 9.84 Å². The van der Waals surface area contributed by atoms with Crippen molar-refractivity contribution in [2.45, 2.75) is 32.0 Å². The summed E-state index contributed by atoms with van der Waals surface area (Å²) in [5, 5.41) is 3.21. The molecule has 7 nitrogen and oxygen atoms in total. The van der Waals surface area contributed by atoms with Gasteiger partial charge >= 0.3 is 0 Å². The van der Waals surface area contributed by atoms with Crippen molar-refractivity contribution in [3.8, 4) is 0 Å². The van der Waals surface area contributed by atoms with E-state index in [0.29, 0.717) is 12.5 Å². The van der Waals surface area contributed by atoms with Crippen molar-refractivity contribution >= 4 is 27.1 Å². The van der Waals surface area contributed by atoms with Gasteiger partial charge in [-0.3, -0.25) is 4.90 Å². The molecule has 0 aromatic carbocycles. The first kappa shape index (κ1) is 16.9. The fourth-order valence-corrected chi connectivity index (χ4v) is 6.45. The van der Waals surface area contributed by atoms with Gasteiger partial charge in [-0.1, -0.05) is 6.92 Å². The average Bonchev–Trinajstić information content (AvgIpc) is 3.19. The van der Waals surface area contributed by atoms with Gasteiger partial charge in [0.15, 0.2) is 9.84 Å². The van der Waals surface area contributed by atoms with Crippen molar-refractivity contribution < 1.29 is 8.42 Å². The number of thiazole rings is 1. The van der Waals surface area contributed by atoms with Crippen LogP contribution in [0.1, 0.15) is 17.6 Å². The fraction of sp³-hybridized carbons (Fsp3) is 0.562.